The van der Waals surface area contributed by atoms with Crippen LogP contribution in [0, 0.1) is 0 Å². The van der Waals surface area contributed by atoms with Crippen LogP contribution in [-0.4, -0.2) is 19.5 Å². The summed E-state index contributed by atoms with van der Waals surface area (Å²) in [7, 11) is -4.20. The van der Waals surface area contributed by atoms with Crippen LogP contribution >= 0.6 is 11.6 Å². The summed E-state index contributed by atoms with van der Waals surface area (Å²) < 4.78 is 30.2. The van der Waals surface area contributed by atoms with Crippen molar-refractivity contribution in [2.24, 2.45) is 0 Å². The molecule has 0 radical (unpaired) electrons. The maximum Gasteiger partial charge on any atom is 0.340 e. The first-order chi connectivity index (χ1) is 11.4. The third kappa shape index (κ3) is 3.06. The van der Waals surface area contributed by atoms with Crippen molar-refractivity contribution >= 4 is 38.5 Å². The average Bonchev–Trinajstić information content (AvgIpc) is 2.54. The second kappa shape index (κ2) is 6.14. The van der Waals surface area contributed by atoms with E-state index in [1.807, 2.05) is 18.2 Å². The Bertz CT molecular complexity index is 1040. The molecule has 0 heterocycles. The number of carboxylic acids is 1. The van der Waals surface area contributed by atoms with E-state index >= 15 is 0 Å². The van der Waals surface area contributed by atoms with Gasteiger partial charge in [0.2, 0.25) is 0 Å². The molecule has 0 saturated carbocycles. The number of carboxylic acid groups (broad SMARTS) is 1. The molecule has 0 aliphatic heterocycles. The van der Waals surface area contributed by atoms with E-state index in [0.717, 1.165) is 23.6 Å². The third-order valence-electron chi connectivity index (χ3n) is 3.40. The number of hydrogen-bond donors (Lipinski definition) is 1. The second-order valence-corrected chi connectivity index (χ2v) is 6.89. The Morgan fingerprint density at radius 3 is 2.42 bits per heavy atom. The first-order valence-electron chi connectivity index (χ1n) is 6.83. The molecule has 5 nitrogen and oxygen atoms in total. The van der Waals surface area contributed by atoms with Crippen LogP contribution in [0.25, 0.3) is 10.8 Å². The van der Waals surface area contributed by atoms with E-state index in [1.54, 1.807) is 24.3 Å². The Hall–Kier alpha value is -2.57. The summed E-state index contributed by atoms with van der Waals surface area (Å²) in [6.07, 6.45) is 0. The van der Waals surface area contributed by atoms with Crippen LogP contribution in [0.5, 0.6) is 5.75 Å². The number of halogens is 1. The van der Waals surface area contributed by atoms with Gasteiger partial charge in [-0.3, -0.25) is 0 Å². The zero-order valence-corrected chi connectivity index (χ0v) is 13.7. The Morgan fingerprint density at radius 2 is 1.71 bits per heavy atom. The lowest BCUT2D eigenvalue weighted by molar-refractivity contribution is 0.0696. The Morgan fingerprint density at radius 1 is 1.00 bits per heavy atom. The van der Waals surface area contributed by atoms with E-state index in [1.165, 1.54) is 0 Å². The molecule has 3 aromatic rings. The van der Waals surface area contributed by atoms with E-state index in [2.05, 4.69) is 0 Å². The summed E-state index contributed by atoms with van der Waals surface area (Å²) in [4.78, 5) is 10.6. The van der Waals surface area contributed by atoms with Crippen molar-refractivity contribution in [3.63, 3.8) is 0 Å². The van der Waals surface area contributed by atoms with Crippen molar-refractivity contribution in [3.05, 3.63) is 71.2 Å². The van der Waals surface area contributed by atoms with Gasteiger partial charge in [0.05, 0.1) is 10.6 Å². The van der Waals surface area contributed by atoms with Crippen LogP contribution in [0.15, 0.2) is 65.6 Å². The van der Waals surface area contributed by atoms with Crippen LogP contribution in [0.4, 0.5) is 0 Å². The molecule has 0 bridgehead atoms. The summed E-state index contributed by atoms with van der Waals surface area (Å²) in [5.41, 5.74) is -0.107. The molecule has 3 aromatic carbocycles. The minimum atomic E-state index is -4.20. The predicted octanol–water partition coefficient (Wildman–Crippen LogP) is 3.96. The fraction of sp³-hybridized carbons (Fsp3) is 0. The normalized spacial score (nSPS) is 11.4. The van der Waals surface area contributed by atoms with Gasteiger partial charge in [-0.2, -0.15) is 8.42 Å². The minimum Gasteiger partial charge on any atom is -0.478 e. The van der Waals surface area contributed by atoms with Crippen molar-refractivity contribution in [2.75, 3.05) is 0 Å². The molecule has 0 saturated heterocycles. The lowest BCUT2D eigenvalue weighted by Gasteiger charge is -2.11. The Kier molecular flexibility index (Phi) is 4.17. The molecule has 24 heavy (non-hydrogen) atoms. The number of fused-ring (bicyclic) bond motifs is 1. The quantitative estimate of drug-likeness (QED) is 0.710. The number of carbonyl (C=O) groups is 1. The van der Waals surface area contributed by atoms with Crippen molar-refractivity contribution in [1.29, 1.82) is 0 Å². The van der Waals surface area contributed by atoms with Gasteiger partial charge in [0.25, 0.3) is 0 Å². The van der Waals surface area contributed by atoms with Crippen LogP contribution in [0.3, 0.4) is 0 Å². The van der Waals surface area contributed by atoms with Gasteiger partial charge in [-0.15, -0.1) is 0 Å². The van der Waals surface area contributed by atoms with Crippen molar-refractivity contribution in [1.82, 2.24) is 0 Å². The maximum atomic E-state index is 12.5. The van der Waals surface area contributed by atoms with Crippen molar-refractivity contribution < 1.29 is 22.5 Å². The van der Waals surface area contributed by atoms with Crippen molar-refractivity contribution in [3.8, 4) is 5.75 Å². The number of aromatic carboxylic acids is 1. The highest BCUT2D eigenvalue weighted by Crippen LogP contribution is 2.30. The summed E-state index contributed by atoms with van der Waals surface area (Å²) >= 11 is 5.92. The summed E-state index contributed by atoms with van der Waals surface area (Å²) in [5.74, 6) is -1.03. The zero-order chi connectivity index (χ0) is 17.3. The number of hydrogen-bond acceptors (Lipinski definition) is 4. The first-order valence-corrected chi connectivity index (χ1v) is 8.62. The van der Waals surface area contributed by atoms with Gasteiger partial charge in [0.1, 0.15) is 4.90 Å². The summed E-state index contributed by atoms with van der Waals surface area (Å²) in [5, 5.41) is 10.2. The number of rotatable bonds is 4. The minimum absolute atomic E-state index is 0.107. The molecule has 0 aliphatic rings. The fourth-order valence-electron chi connectivity index (χ4n) is 2.27. The van der Waals surface area contributed by atoms with Crippen LogP contribution in [0.1, 0.15) is 10.4 Å². The van der Waals surface area contributed by atoms with Crippen LogP contribution in [0.2, 0.25) is 5.02 Å². The highest BCUT2D eigenvalue weighted by Gasteiger charge is 2.22. The molecule has 0 unspecified atom stereocenters. The summed E-state index contributed by atoms with van der Waals surface area (Å²) in [6.45, 7) is 0. The van der Waals surface area contributed by atoms with E-state index in [-0.39, 0.29) is 21.2 Å². The van der Waals surface area contributed by atoms with E-state index in [0.29, 0.717) is 5.39 Å². The zero-order valence-electron chi connectivity index (χ0n) is 12.1. The average molecular weight is 363 g/mol. The predicted molar refractivity (Wildman–Crippen MR) is 90.2 cm³/mol. The van der Waals surface area contributed by atoms with Gasteiger partial charge in [-0.05, 0) is 29.7 Å². The topological polar surface area (TPSA) is 80.7 Å². The molecule has 0 spiro atoms. The standard InChI is InChI=1S/C17H11ClO5S/c18-14-10-12(17(19)20)8-9-16(14)24(21,22)23-15-7-3-5-11-4-1-2-6-13(11)15/h1-10H,(H,19,20). The van der Waals surface area contributed by atoms with Gasteiger partial charge in [0, 0.05) is 5.39 Å². The molecule has 0 aromatic heterocycles. The Balaban J connectivity index is 2.04. The molecule has 3 rings (SSSR count). The molecular weight excluding hydrogens is 352 g/mol. The van der Waals surface area contributed by atoms with Gasteiger partial charge in [0.15, 0.2) is 5.75 Å². The van der Waals surface area contributed by atoms with E-state index in [4.69, 9.17) is 20.9 Å². The van der Waals surface area contributed by atoms with E-state index < -0.39 is 16.1 Å². The monoisotopic (exact) mass is 362 g/mol. The molecule has 7 heteroatoms. The highest BCUT2D eigenvalue weighted by molar-refractivity contribution is 7.87. The largest absolute Gasteiger partial charge is 0.478 e. The Labute approximate surface area is 143 Å². The number of benzene rings is 3. The van der Waals surface area contributed by atoms with E-state index in [9.17, 15) is 13.2 Å². The maximum absolute atomic E-state index is 12.5. The van der Waals surface area contributed by atoms with Crippen LogP contribution < -0.4 is 4.18 Å². The van der Waals surface area contributed by atoms with Crippen LogP contribution in [-0.2, 0) is 10.1 Å². The van der Waals surface area contributed by atoms with Gasteiger partial charge >= 0.3 is 16.1 Å². The molecule has 0 atom stereocenters. The third-order valence-corrected chi connectivity index (χ3v) is 5.12. The molecule has 1 N–H and O–H groups in total. The van der Waals surface area contributed by atoms with Gasteiger partial charge < -0.3 is 9.29 Å². The molecule has 0 fully saturated rings. The molecular formula is C17H11ClO5S. The molecule has 0 amide bonds. The SMILES string of the molecule is O=C(O)c1ccc(S(=O)(=O)Oc2cccc3ccccc23)c(Cl)c1. The lowest BCUT2D eigenvalue weighted by atomic mass is 10.1. The first kappa shape index (κ1) is 16.3. The van der Waals surface area contributed by atoms with Crippen molar-refractivity contribution in [2.45, 2.75) is 4.90 Å². The fourth-order valence-corrected chi connectivity index (χ4v) is 3.74. The smallest absolute Gasteiger partial charge is 0.340 e. The molecule has 122 valence electrons. The second-order valence-electron chi connectivity index (χ2n) is 4.97. The highest BCUT2D eigenvalue weighted by atomic mass is 35.5. The summed E-state index contributed by atoms with van der Waals surface area (Å²) in [6, 6.07) is 15.6. The van der Waals surface area contributed by atoms with Gasteiger partial charge in [-0.1, -0.05) is 48.0 Å². The van der Waals surface area contributed by atoms with Gasteiger partial charge in [-0.25, -0.2) is 4.79 Å². The lowest BCUT2D eigenvalue weighted by Crippen LogP contribution is -2.11. The molecule has 0 aliphatic carbocycles.